The Hall–Kier alpha value is -1.48. The Labute approximate surface area is 199 Å². The maximum Gasteiger partial charge on any atom is 0.336 e. The minimum Gasteiger partial charge on any atom is -0.506 e. The summed E-state index contributed by atoms with van der Waals surface area (Å²) in [4.78, 5) is 24.4. The monoisotopic (exact) mass is 642 g/mol. The lowest BCUT2D eigenvalue weighted by Gasteiger charge is -2.30. The molecule has 2 aromatic carbocycles. The Morgan fingerprint density at radius 1 is 1.03 bits per heavy atom. The molecule has 0 saturated heterocycles. The van der Waals surface area contributed by atoms with E-state index in [1.807, 2.05) is 0 Å². The fraction of sp³-hybridized carbons (Fsp3) is 0.0476. The van der Waals surface area contributed by atoms with Gasteiger partial charge in [-0.3, -0.25) is 4.79 Å². The second kappa shape index (κ2) is 7.65. The molecule has 0 aliphatic heterocycles. The predicted molar refractivity (Wildman–Crippen MR) is 125 cm³/mol. The highest BCUT2D eigenvalue weighted by atomic mass is 79.9. The molecule has 2 N–H and O–H groups in total. The van der Waals surface area contributed by atoms with E-state index in [1.165, 1.54) is 0 Å². The van der Waals surface area contributed by atoms with Gasteiger partial charge in [0.1, 0.15) is 5.75 Å². The van der Waals surface area contributed by atoms with Gasteiger partial charge in [0.2, 0.25) is 5.78 Å². The Bertz CT molecular complexity index is 1220. The van der Waals surface area contributed by atoms with E-state index in [4.69, 9.17) is 0 Å². The number of allylic oxidation sites excluding steroid dienone is 5. The molecule has 4 nitrogen and oxygen atoms in total. The highest BCUT2D eigenvalue weighted by Crippen LogP contribution is 2.50. The Balaban J connectivity index is 2.19. The number of phenols is 1. The van der Waals surface area contributed by atoms with Gasteiger partial charge in [-0.25, -0.2) is 4.79 Å². The van der Waals surface area contributed by atoms with Crippen LogP contribution < -0.4 is 0 Å². The molecule has 2 aromatic rings. The van der Waals surface area contributed by atoms with Gasteiger partial charge in [-0.05, 0) is 115 Å². The Morgan fingerprint density at radius 2 is 1.72 bits per heavy atom. The molecule has 0 bridgehead atoms. The van der Waals surface area contributed by atoms with Crippen LogP contribution in [0.25, 0.3) is 5.57 Å². The molecule has 4 rings (SSSR count). The molecule has 0 spiro atoms. The van der Waals surface area contributed by atoms with Crippen molar-refractivity contribution in [3.8, 4) is 5.75 Å². The first kappa shape index (κ1) is 20.8. The van der Waals surface area contributed by atoms with Crippen LogP contribution in [0.1, 0.15) is 27.0 Å². The summed E-state index contributed by atoms with van der Waals surface area (Å²) in [6, 6.07) is 8.53. The van der Waals surface area contributed by atoms with E-state index in [-0.39, 0.29) is 17.1 Å². The smallest absolute Gasteiger partial charge is 0.336 e. The molecule has 2 aliphatic rings. The summed E-state index contributed by atoms with van der Waals surface area (Å²) in [6.07, 6.45) is 2.13. The SMILES string of the molecule is O=C1C(Br)=CC2=C(c3ccccc3C(=O)O)c3cc(Br)c(O)c(Br)c3CC2=C1Br. The summed E-state index contributed by atoms with van der Waals surface area (Å²) < 4.78 is 1.77. The summed E-state index contributed by atoms with van der Waals surface area (Å²) in [5, 5.41) is 20.2. The van der Waals surface area contributed by atoms with E-state index in [0.717, 1.165) is 22.3 Å². The van der Waals surface area contributed by atoms with Gasteiger partial charge in [0.25, 0.3) is 0 Å². The fourth-order valence-corrected chi connectivity index (χ4v) is 6.10. The first-order valence-electron chi connectivity index (χ1n) is 8.30. The van der Waals surface area contributed by atoms with Gasteiger partial charge >= 0.3 is 5.97 Å². The van der Waals surface area contributed by atoms with Crippen molar-refractivity contribution >= 4 is 81.0 Å². The second-order valence-electron chi connectivity index (χ2n) is 6.48. The van der Waals surface area contributed by atoms with Crippen molar-refractivity contribution in [2.24, 2.45) is 0 Å². The van der Waals surface area contributed by atoms with Gasteiger partial charge in [0, 0.05) is 6.42 Å². The fourth-order valence-electron chi connectivity index (χ4n) is 3.58. The van der Waals surface area contributed by atoms with Crippen LogP contribution in [0.2, 0.25) is 0 Å². The maximum absolute atomic E-state index is 12.5. The average molecular weight is 646 g/mol. The summed E-state index contributed by atoms with van der Waals surface area (Å²) in [5.41, 5.74) is 4.42. The van der Waals surface area contributed by atoms with E-state index in [2.05, 4.69) is 63.7 Å². The lowest BCUT2D eigenvalue weighted by Crippen LogP contribution is -2.17. The van der Waals surface area contributed by atoms with Crippen LogP contribution in [0, 0.1) is 0 Å². The Kier molecular flexibility index (Phi) is 5.48. The molecule has 0 atom stereocenters. The average Bonchev–Trinajstić information content (AvgIpc) is 2.69. The second-order valence-corrected chi connectivity index (χ2v) is 9.77. The van der Waals surface area contributed by atoms with Crippen LogP contribution in [-0.2, 0) is 11.2 Å². The summed E-state index contributed by atoms with van der Waals surface area (Å²) in [5.74, 6) is -1.18. The van der Waals surface area contributed by atoms with Gasteiger partial charge in [0.15, 0.2) is 0 Å². The number of aromatic hydroxyl groups is 1. The minimum atomic E-state index is -1.04. The highest BCUT2D eigenvalue weighted by molar-refractivity contribution is 9.13. The number of halogens is 4. The molecule has 0 unspecified atom stereocenters. The van der Waals surface area contributed by atoms with Crippen molar-refractivity contribution in [2.45, 2.75) is 6.42 Å². The van der Waals surface area contributed by atoms with E-state index < -0.39 is 5.97 Å². The third kappa shape index (κ3) is 3.30. The number of hydrogen-bond donors (Lipinski definition) is 2. The zero-order chi connectivity index (χ0) is 21.0. The van der Waals surface area contributed by atoms with Crippen molar-refractivity contribution in [1.82, 2.24) is 0 Å². The van der Waals surface area contributed by atoms with Gasteiger partial charge in [0.05, 0.1) is 23.5 Å². The molecular formula is C21H10Br4O4. The molecular weight excluding hydrogens is 636 g/mol. The predicted octanol–water partition coefficient (Wildman–Crippen LogP) is 6.48. The van der Waals surface area contributed by atoms with Crippen LogP contribution in [-0.4, -0.2) is 22.0 Å². The van der Waals surface area contributed by atoms with Crippen molar-refractivity contribution in [3.63, 3.8) is 0 Å². The first-order valence-corrected chi connectivity index (χ1v) is 11.5. The van der Waals surface area contributed by atoms with E-state index in [0.29, 0.717) is 35.5 Å². The number of phenolic OH excluding ortho intramolecular Hbond substituents is 1. The molecule has 0 heterocycles. The number of benzene rings is 2. The number of rotatable bonds is 2. The van der Waals surface area contributed by atoms with Crippen LogP contribution in [0.4, 0.5) is 0 Å². The van der Waals surface area contributed by atoms with Crippen LogP contribution in [0.5, 0.6) is 5.75 Å². The van der Waals surface area contributed by atoms with Crippen molar-refractivity contribution in [2.75, 3.05) is 0 Å². The lowest BCUT2D eigenvalue weighted by atomic mass is 9.76. The highest BCUT2D eigenvalue weighted by Gasteiger charge is 2.34. The number of carbonyl (C=O) groups excluding carboxylic acids is 1. The quantitative estimate of drug-likeness (QED) is 0.392. The standard InChI is InChI=1S/C21H10Br4O4/c22-14-6-10-12(17(24)19(14)26)5-13-11(7-15(23)20(27)18(13)25)16(10)8-3-1-2-4-9(8)21(28)29/h1-4,6-7,26H,5H2,(H,28,29). The molecule has 0 radical (unpaired) electrons. The van der Waals surface area contributed by atoms with Crippen LogP contribution in [0.3, 0.4) is 0 Å². The van der Waals surface area contributed by atoms with Crippen molar-refractivity contribution in [3.05, 3.63) is 87.7 Å². The molecule has 29 heavy (non-hydrogen) atoms. The van der Waals surface area contributed by atoms with E-state index in [9.17, 15) is 19.8 Å². The van der Waals surface area contributed by atoms with Crippen molar-refractivity contribution in [1.29, 1.82) is 0 Å². The number of carbonyl (C=O) groups is 2. The molecule has 8 heteroatoms. The van der Waals surface area contributed by atoms with Crippen LogP contribution >= 0.6 is 63.7 Å². The normalized spacial score (nSPS) is 15.9. The molecule has 2 aliphatic carbocycles. The van der Waals surface area contributed by atoms with Gasteiger partial charge in [-0.15, -0.1) is 0 Å². The third-order valence-electron chi connectivity index (χ3n) is 4.89. The number of aromatic carboxylic acids is 1. The summed E-state index contributed by atoms with van der Waals surface area (Å²) in [7, 11) is 0. The number of fused-ring (bicyclic) bond motifs is 2. The zero-order valence-corrected chi connectivity index (χ0v) is 20.7. The molecule has 146 valence electrons. The largest absolute Gasteiger partial charge is 0.506 e. The van der Waals surface area contributed by atoms with Gasteiger partial charge in [-0.1, -0.05) is 18.2 Å². The van der Waals surface area contributed by atoms with E-state index in [1.54, 1.807) is 36.4 Å². The van der Waals surface area contributed by atoms with Gasteiger partial charge in [-0.2, -0.15) is 0 Å². The number of carboxylic acids is 1. The van der Waals surface area contributed by atoms with Gasteiger partial charge < -0.3 is 10.2 Å². The number of hydrogen-bond acceptors (Lipinski definition) is 3. The molecule has 0 saturated carbocycles. The number of ketones is 1. The number of carboxylic acid groups (broad SMARTS) is 1. The summed E-state index contributed by atoms with van der Waals surface area (Å²) in [6.45, 7) is 0. The lowest BCUT2D eigenvalue weighted by molar-refractivity contribution is -0.111. The Morgan fingerprint density at radius 3 is 2.41 bits per heavy atom. The topological polar surface area (TPSA) is 74.6 Å². The first-order chi connectivity index (χ1) is 13.7. The zero-order valence-electron chi connectivity index (χ0n) is 14.4. The molecule has 0 aromatic heterocycles. The minimum absolute atomic E-state index is 0.0497. The van der Waals surface area contributed by atoms with Crippen molar-refractivity contribution < 1.29 is 19.8 Å². The molecule has 0 fully saturated rings. The third-order valence-corrected chi connectivity index (χ3v) is 7.78. The van der Waals surface area contributed by atoms with Crippen LogP contribution in [0.15, 0.2) is 65.5 Å². The summed E-state index contributed by atoms with van der Waals surface area (Å²) >= 11 is 13.6. The molecule has 0 amide bonds. The number of Topliss-reactive ketones (excluding diaryl/α,β-unsaturated/α-hetero) is 1. The van der Waals surface area contributed by atoms with E-state index >= 15 is 0 Å². The maximum atomic E-state index is 12.5.